The minimum atomic E-state index is -0.574. The van der Waals surface area contributed by atoms with Crippen molar-refractivity contribution in [1.29, 1.82) is 10.5 Å². The van der Waals surface area contributed by atoms with Crippen molar-refractivity contribution in [2.45, 2.75) is 6.04 Å². The summed E-state index contributed by atoms with van der Waals surface area (Å²) in [5.41, 5.74) is 15.1. The summed E-state index contributed by atoms with van der Waals surface area (Å²) in [7, 11) is 2.10. The molecule has 1 atom stereocenters. The SMILES string of the molecule is CN1CCN(c2cc(Br)ccc2C2N=C(NC#N)Nc3nc(N)c(C#N)c(N)c32)CC1. The number of nitrogens with zero attached hydrogens (tertiary/aromatic N) is 6. The zero-order valence-electron chi connectivity index (χ0n) is 16.9. The molecular weight excluding hydrogens is 460 g/mol. The Bertz CT molecular complexity index is 1140. The molecule has 1 unspecified atom stereocenters. The van der Waals surface area contributed by atoms with Crippen LogP contribution in [-0.2, 0) is 0 Å². The molecule has 1 fully saturated rings. The van der Waals surface area contributed by atoms with Gasteiger partial charge in [0.15, 0.2) is 6.19 Å². The van der Waals surface area contributed by atoms with Crippen molar-refractivity contribution >= 4 is 44.9 Å². The Morgan fingerprint density at radius 1 is 1.23 bits per heavy atom. The molecule has 2 aliphatic rings. The lowest BCUT2D eigenvalue weighted by molar-refractivity contribution is 0.312. The molecule has 10 nitrogen and oxygen atoms in total. The number of rotatable bonds is 2. The van der Waals surface area contributed by atoms with E-state index in [1.165, 1.54) is 0 Å². The van der Waals surface area contributed by atoms with Gasteiger partial charge in [-0.1, -0.05) is 22.0 Å². The molecule has 2 aliphatic heterocycles. The van der Waals surface area contributed by atoms with Gasteiger partial charge in [-0.25, -0.2) is 9.98 Å². The number of nitriles is 2. The van der Waals surface area contributed by atoms with Crippen molar-refractivity contribution in [3.8, 4) is 12.3 Å². The van der Waals surface area contributed by atoms with Crippen LogP contribution in [0.1, 0.15) is 22.7 Å². The third kappa shape index (κ3) is 3.81. The Morgan fingerprint density at radius 3 is 2.65 bits per heavy atom. The van der Waals surface area contributed by atoms with Crippen LogP contribution in [0.2, 0.25) is 0 Å². The molecule has 11 heteroatoms. The van der Waals surface area contributed by atoms with Crippen LogP contribution in [0.25, 0.3) is 0 Å². The lowest BCUT2D eigenvalue weighted by Gasteiger charge is -2.36. The fraction of sp³-hybridized carbons (Fsp3) is 0.300. The third-order valence-electron chi connectivity index (χ3n) is 5.49. The summed E-state index contributed by atoms with van der Waals surface area (Å²) in [6, 6.07) is 7.44. The highest BCUT2D eigenvalue weighted by Gasteiger charge is 2.32. The number of piperazine rings is 1. The lowest BCUT2D eigenvalue weighted by Crippen LogP contribution is -2.45. The molecule has 0 bridgehead atoms. The minimum Gasteiger partial charge on any atom is -0.397 e. The summed E-state index contributed by atoms with van der Waals surface area (Å²) in [6.45, 7) is 3.61. The number of guanidine groups is 1. The zero-order chi connectivity index (χ0) is 22.1. The van der Waals surface area contributed by atoms with E-state index in [-0.39, 0.29) is 23.0 Å². The van der Waals surface area contributed by atoms with Gasteiger partial charge in [0.05, 0.1) is 5.69 Å². The Morgan fingerprint density at radius 2 is 1.97 bits per heavy atom. The van der Waals surface area contributed by atoms with Gasteiger partial charge in [-0.05, 0) is 19.2 Å². The van der Waals surface area contributed by atoms with Crippen molar-refractivity contribution < 1.29 is 0 Å². The van der Waals surface area contributed by atoms with Crippen LogP contribution in [-0.4, -0.2) is 49.1 Å². The smallest absolute Gasteiger partial charge is 0.211 e. The first-order valence-electron chi connectivity index (χ1n) is 9.64. The van der Waals surface area contributed by atoms with Crippen LogP contribution in [0.4, 0.5) is 23.0 Å². The molecule has 1 saturated heterocycles. The Kier molecular flexibility index (Phi) is 5.55. The van der Waals surface area contributed by atoms with E-state index < -0.39 is 6.04 Å². The quantitative estimate of drug-likeness (QED) is 0.369. The highest BCUT2D eigenvalue weighted by atomic mass is 79.9. The number of anilines is 4. The van der Waals surface area contributed by atoms with Gasteiger partial charge in [-0.3, -0.25) is 5.32 Å². The maximum atomic E-state index is 9.53. The van der Waals surface area contributed by atoms with Crippen LogP contribution in [0.5, 0.6) is 0 Å². The van der Waals surface area contributed by atoms with Gasteiger partial charge in [0.25, 0.3) is 0 Å². The highest BCUT2D eigenvalue weighted by Crippen LogP contribution is 2.44. The van der Waals surface area contributed by atoms with Gasteiger partial charge in [0.1, 0.15) is 29.3 Å². The minimum absolute atomic E-state index is 0.0262. The van der Waals surface area contributed by atoms with Gasteiger partial charge in [-0.2, -0.15) is 10.5 Å². The van der Waals surface area contributed by atoms with Crippen molar-refractivity contribution in [3.63, 3.8) is 0 Å². The van der Waals surface area contributed by atoms with Crippen LogP contribution in [0, 0.1) is 22.8 Å². The molecular formula is C20H21BrN10. The van der Waals surface area contributed by atoms with Crippen molar-refractivity contribution in [1.82, 2.24) is 15.2 Å². The van der Waals surface area contributed by atoms with Gasteiger partial charge in [0.2, 0.25) is 5.96 Å². The Hall–Kier alpha value is -3.54. The number of benzene rings is 1. The van der Waals surface area contributed by atoms with Crippen LogP contribution >= 0.6 is 15.9 Å². The predicted molar refractivity (Wildman–Crippen MR) is 123 cm³/mol. The molecule has 3 heterocycles. The van der Waals surface area contributed by atoms with Crippen molar-refractivity contribution in [3.05, 3.63) is 39.4 Å². The molecule has 0 spiro atoms. The van der Waals surface area contributed by atoms with Crippen LogP contribution in [0.15, 0.2) is 27.7 Å². The second-order valence-electron chi connectivity index (χ2n) is 7.40. The molecule has 6 N–H and O–H groups in total. The maximum absolute atomic E-state index is 9.53. The topological polar surface area (TPSA) is 155 Å². The first-order chi connectivity index (χ1) is 14.9. The summed E-state index contributed by atoms with van der Waals surface area (Å²) >= 11 is 3.58. The van der Waals surface area contributed by atoms with E-state index in [1.54, 1.807) is 0 Å². The van der Waals surface area contributed by atoms with Crippen molar-refractivity contribution in [2.75, 3.05) is 54.9 Å². The average Bonchev–Trinajstić information content (AvgIpc) is 2.74. The lowest BCUT2D eigenvalue weighted by atomic mass is 9.93. The standard InChI is InChI=1S/C20H21BrN10/c1-30-4-6-31(7-5-30)14-8-11(21)2-3-12(14)17-15-16(24)13(9-22)18(25)28-19(15)29-20(27-17)26-10-23/h2-3,8,17H,4-7H2,1H3,(H6,24,25,26,27,28,29). The second kappa shape index (κ2) is 8.30. The van der Waals surface area contributed by atoms with E-state index in [1.807, 2.05) is 24.4 Å². The average molecular weight is 481 g/mol. The first-order valence-corrected chi connectivity index (χ1v) is 10.4. The van der Waals surface area contributed by atoms with E-state index in [2.05, 4.69) is 54.5 Å². The first kappa shape index (κ1) is 20.7. The zero-order valence-corrected chi connectivity index (χ0v) is 18.4. The number of nitrogens with one attached hydrogen (secondary N) is 2. The molecule has 158 valence electrons. The van der Waals surface area contributed by atoms with Gasteiger partial charge < -0.3 is 26.6 Å². The number of nitrogen functional groups attached to an aromatic ring is 2. The second-order valence-corrected chi connectivity index (χ2v) is 8.31. The summed E-state index contributed by atoms with van der Waals surface area (Å²) in [6.07, 6.45) is 1.87. The van der Waals surface area contributed by atoms with Gasteiger partial charge in [0, 0.05) is 47.5 Å². The largest absolute Gasteiger partial charge is 0.397 e. The number of aliphatic imine (C=N–C) groups is 1. The maximum Gasteiger partial charge on any atom is 0.211 e. The molecule has 0 radical (unpaired) electrons. The Balaban J connectivity index is 1.90. The molecule has 0 amide bonds. The number of fused-ring (bicyclic) bond motifs is 1. The molecule has 0 aliphatic carbocycles. The number of nitrogens with two attached hydrogens (primary N) is 2. The number of likely N-dealkylation sites (N-methyl/N-ethyl adjacent to an activating group) is 1. The van der Waals surface area contributed by atoms with Crippen molar-refractivity contribution in [2.24, 2.45) is 4.99 Å². The molecule has 2 aromatic rings. The predicted octanol–water partition coefficient (Wildman–Crippen LogP) is 1.57. The van der Waals surface area contributed by atoms with Crippen LogP contribution in [0.3, 0.4) is 0 Å². The molecule has 1 aromatic heterocycles. The Labute approximate surface area is 188 Å². The fourth-order valence-electron chi connectivity index (χ4n) is 3.88. The van der Waals surface area contributed by atoms with E-state index in [0.717, 1.165) is 41.9 Å². The van der Waals surface area contributed by atoms with Gasteiger partial charge >= 0.3 is 0 Å². The van der Waals surface area contributed by atoms with E-state index in [4.69, 9.17) is 21.7 Å². The molecule has 4 rings (SSSR count). The number of hydrogen-bond acceptors (Lipinski definition) is 10. The van der Waals surface area contributed by atoms with E-state index in [9.17, 15) is 5.26 Å². The summed E-state index contributed by atoms with van der Waals surface area (Å²) in [4.78, 5) is 13.6. The van der Waals surface area contributed by atoms with E-state index >= 15 is 0 Å². The summed E-state index contributed by atoms with van der Waals surface area (Å²) in [5, 5.41) is 24.1. The summed E-state index contributed by atoms with van der Waals surface area (Å²) < 4.78 is 0.944. The number of aromatic nitrogens is 1. The monoisotopic (exact) mass is 480 g/mol. The van der Waals surface area contributed by atoms with Crippen LogP contribution < -0.4 is 27.0 Å². The molecule has 31 heavy (non-hydrogen) atoms. The summed E-state index contributed by atoms with van der Waals surface area (Å²) in [5.74, 6) is 0.639. The third-order valence-corrected chi connectivity index (χ3v) is 5.98. The normalized spacial score (nSPS) is 18.3. The number of hydrogen-bond donors (Lipinski definition) is 4. The number of pyridine rings is 1. The fourth-order valence-corrected chi connectivity index (χ4v) is 4.22. The van der Waals surface area contributed by atoms with E-state index in [0.29, 0.717) is 11.4 Å². The van der Waals surface area contributed by atoms with Gasteiger partial charge in [-0.15, -0.1) is 0 Å². The highest BCUT2D eigenvalue weighted by molar-refractivity contribution is 9.10. The number of halogens is 1. The molecule has 1 aromatic carbocycles. The molecule has 0 saturated carbocycles.